The average molecular weight is 518 g/mol. The topological polar surface area (TPSA) is 55.4 Å². The van der Waals surface area contributed by atoms with Crippen LogP contribution in [-0.4, -0.2) is 25.0 Å². The Morgan fingerprint density at radius 3 is 1.55 bits per heavy atom. The number of amides is 1. The number of rotatable bonds is 8. The molecule has 4 aromatic rings. The fraction of sp³-hybridized carbons (Fsp3) is 0.161. The number of halogens is 3. The molecule has 4 aromatic carbocycles. The summed E-state index contributed by atoms with van der Waals surface area (Å²) in [5, 5.41) is 2.75. The Morgan fingerprint density at radius 1 is 0.711 bits per heavy atom. The molecule has 0 fully saturated rings. The molecule has 4 nitrogen and oxygen atoms in total. The number of hydrogen-bond donors (Lipinski definition) is 1. The maximum atomic E-state index is 14.4. The first-order chi connectivity index (χ1) is 18.3. The molecular weight excluding hydrogens is 491 g/mol. The van der Waals surface area contributed by atoms with E-state index in [1.165, 1.54) is 18.2 Å². The zero-order valence-electron chi connectivity index (χ0n) is 20.6. The van der Waals surface area contributed by atoms with Gasteiger partial charge in [-0.2, -0.15) is 13.2 Å². The van der Waals surface area contributed by atoms with Crippen LogP contribution < -0.4 is 5.32 Å². The Kier molecular flexibility index (Phi) is 7.96. The number of hydrogen-bond acceptors (Lipinski definition) is 3. The van der Waals surface area contributed by atoms with Gasteiger partial charge in [-0.25, -0.2) is 4.79 Å². The van der Waals surface area contributed by atoms with E-state index < -0.39 is 41.5 Å². The summed E-state index contributed by atoms with van der Waals surface area (Å²) in [5.74, 6) is -1.42. The highest BCUT2D eigenvalue weighted by Gasteiger charge is 2.45. The van der Waals surface area contributed by atoms with Crippen LogP contribution in [0.25, 0.3) is 0 Å². The number of carbonyl (C=O) groups excluding carboxylic acids is 2. The number of benzene rings is 4. The normalized spacial score (nSPS) is 12.4. The lowest BCUT2D eigenvalue weighted by molar-refractivity contribution is -0.146. The summed E-state index contributed by atoms with van der Waals surface area (Å²) < 4.78 is 46.0. The van der Waals surface area contributed by atoms with Crippen molar-refractivity contribution in [1.29, 1.82) is 0 Å². The van der Waals surface area contributed by atoms with Gasteiger partial charge in [0.1, 0.15) is 11.5 Å². The average Bonchev–Trinajstić information content (AvgIpc) is 2.94. The molecule has 0 unspecified atom stereocenters. The molecule has 0 aliphatic rings. The summed E-state index contributed by atoms with van der Waals surface area (Å²) >= 11 is 0. The summed E-state index contributed by atoms with van der Waals surface area (Å²) in [6.07, 6.45) is -5.02. The SMILES string of the molecule is COC(=O)[C@H](Cc1ccccc1C(F)(F)F)NC(=O)C(c1ccccc1)(c1ccccc1)c1ccccc1. The van der Waals surface area contributed by atoms with E-state index in [0.717, 1.165) is 13.2 Å². The van der Waals surface area contributed by atoms with E-state index in [2.05, 4.69) is 5.32 Å². The second-order valence-corrected chi connectivity index (χ2v) is 8.76. The Labute approximate surface area is 219 Å². The Morgan fingerprint density at radius 2 is 1.13 bits per heavy atom. The van der Waals surface area contributed by atoms with Gasteiger partial charge in [0.15, 0.2) is 0 Å². The Hall–Kier alpha value is -4.39. The first-order valence-electron chi connectivity index (χ1n) is 12.0. The summed E-state index contributed by atoms with van der Waals surface area (Å²) in [4.78, 5) is 27.3. The van der Waals surface area contributed by atoms with Crippen LogP contribution in [0.4, 0.5) is 13.2 Å². The van der Waals surface area contributed by atoms with Crippen LogP contribution in [0.5, 0.6) is 0 Å². The maximum absolute atomic E-state index is 14.4. The van der Waals surface area contributed by atoms with Crippen molar-refractivity contribution >= 4 is 11.9 Å². The summed E-state index contributed by atoms with van der Waals surface area (Å²) in [7, 11) is 1.13. The second kappa shape index (κ2) is 11.3. The molecule has 0 aliphatic heterocycles. The summed E-state index contributed by atoms with van der Waals surface area (Å²) in [6.45, 7) is 0. The van der Waals surface area contributed by atoms with Gasteiger partial charge < -0.3 is 10.1 Å². The van der Waals surface area contributed by atoms with Gasteiger partial charge in [0, 0.05) is 6.42 Å². The number of esters is 1. The van der Waals surface area contributed by atoms with E-state index in [9.17, 15) is 22.8 Å². The van der Waals surface area contributed by atoms with E-state index >= 15 is 0 Å². The first-order valence-corrected chi connectivity index (χ1v) is 12.0. The maximum Gasteiger partial charge on any atom is 0.416 e. The first kappa shape index (κ1) is 26.7. The third kappa shape index (κ3) is 5.32. The van der Waals surface area contributed by atoms with Crippen molar-refractivity contribution in [3.63, 3.8) is 0 Å². The molecule has 7 heteroatoms. The number of alkyl halides is 3. The monoisotopic (exact) mass is 517 g/mol. The van der Waals surface area contributed by atoms with E-state index in [1.54, 1.807) is 36.4 Å². The minimum absolute atomic E-state index is 0.125. The van der Waals surface area contributed by atoms with Crippen LogP contribution in [0.1, 0.15) is 27.8 Å². The van der Waals surface area contributed by atoms with Gasteiger partial charge in [0.25, 0.3) is 0 Å². The lowest BCUT2D eigenvalue weighted by Crippen LogP contribution is -2.53. The lowest BCUT2D eigenvalue weighted by atomic mass is 9.68. The van der Waals surface area contributed by atoms with Crippen molar-refractivity contribution in [2.24, 2.45) is 0 Å². The molecule has 0 bridgehead atoms. The molecule has 0 heterocycles. The molecule has 0 spiro atoms. The Bertz CT molecular complexity index is 1280. The minimum atomic E-state index is -4.62. The number of nitrogens with one attached hydrogen (secondary N) is 1. The van der Waals surface area contributed by atoms with Gasteiger partial charge in [-0.05, 0) is 28.3 Å². The van der Waals surface area contributed by atoms with Crippen LogP contribution >= 0.6 is 0 Å². The van der Waals surface area contributed by atoms with E-state index in [0.29, 0.717) is 16.7 Å². The molecule has 38 heavy (non-hydrogen) atoms. The quantitative estimate of drug-likeness (QED) is 0.233. The third-order valence-corrected chi connectivity index (χ3v) is 6.50. The zero-order valence-corrected chi connectivity index (χ0v) is 20.6. The highest BCUT2D eigenvalue weighted by atomic mass is 19.4. The molecule has 1 amide bonds. The van der Waals surface area contributed by atoms with Crippen molar-refractivity contribution in [1.82, 2.24) is 5.32 Å². The molecule has 0 saturated carbocycles. The zero-order chi connectivity index (χ0) is 27.2. The highest BCUT2D eigenvalue weighted by Crippen LogP contribution is 2.40. The summed E-state index contributed by atoms with van der Waals surface area (Å²) in [6, 6.07) is 30.8. The van der Waals surface area contributed by atoms with Crippen molar-refractivity contribution in [3.05, 3.63) is 143 Å². The number of carbonyl (C=O) groups is 2. The van der Waals surface area contributed by atoms with Gasteiger partial charge in [-0.15, -0.1) is 0 Å². The van der Waals surface area contributed by atoms with Crippen LogP contribution in [0, 0.1) is 0 Å². The van der Waals surface area contributed by atoms with Gasteiger partial charge in [0.2, 0.25) is 5.91 Å². The smallest absolute Gasteiger partial charge is 0.416 e. The van der Waals surface area contributed by atoms with Crippen molar-refractivity contribution in [2.75, 3.05) is 7.11 Å². The molecule has 0 aliphatic carbocycles. The largest absolute Gasteiger partial charge is 0.467 e. The summed E-state index contributed by atoms with van der Waals surface area (Å²) in [5.41, 5.74) is -0.499. The fourth-order valence-corrected chi connectivity index (χ4v) is 4.75. The predicted octanol–water partition coefficient (Wildman–Crippen LogP) is 5.94. The molecule has 0 saturated heterocycles. The molecule has 4 rings (SSSR count). The fourth-order valence-electron chi connectivity index (χ4n) is 4.75. The van der Waals surface area contributed by atoms with E-state index in [1.807, 2.05) is 54.6 Å². The van der Waals surface area contributed by atoms with Crippen molar-refractivity contribution in [2.45, 2.75) is 24.1 Å². The van der Waals surface area contributed by atoms with Gasteiger partial charge in [0.05, 0.1) is 12.7 Å². The number of methoxy groups -OCH3 is 1. The molecule has 1 N–H and O–H groups in total. The van der Waals surface area contributed by atoms with Gasteiger partial charge >= 0.3 is 12.1 Å². The predicted molar refractivity (Wildman–Crippen MR) is 138 cm³/mol. The third-order valence-electron chi connectivity index (χ3n) is 6.50. The molecular formula is C31H26F3NO3. The van der Waals surface area contributed by atoms with Crippen molar-refractivity contribution < 1.29 is 27.5 Å². The van der Waals surface area contributed by atoms with Gasteiger partial charge in [-0.1, -0.05) is 109 Å². The number of ether oxygens (including phenoxy) is 1. The molecule has 194 valence electrons. The van der Waals surface area contributed by atoms with Crippen molar-refractivity contribution in [3.8, 4) is 0 Å². The highest BCUT2D eigenvalue weighted by molar-refractivity contribution is 5.98. The second-order valence-electron chi connectivity index (χ2n) is 8.76. The van der Waals surface area contributed by atoms with Crippen LogP contribution in [0.15, 0.2) is 115 Å². The molecule has 1 atom stereocenters. The van der Waals surface area contributed by atoms with E-state index in [-0.39, 0.29) is 5.56 Å². The molecule has 0 radical (unpaired) electrons. The van der Waals surface area contributed by atoms with Gasteiger partial charge in [-0.3, -0.25) is 4.79 Å². The standard InChI is InChI=1S/C31H26F3NO3/c1-38-28(36)27(21-22-13-11-12-20-26(22)31(32,33)34)35-29(37)30(23-14-5-2-6-15-23,24-16-7-3-8-17-24)25-18-9-4-10-19-25/h2-20,27H,21H2,1H3,(H,35,37)/t27-/m0/s1. The van der Waals surface area contributed by atoms with Crippen LogP contribution in [-0.2, 0) is 32.3 Å². The lowest BCUT2D eigenvalue weighted by Gasteiger charge is -2.35. The molecule has 0 aromatic heterocycles. The van der Waals surface area contributed by atoms with Crippen LogP contribution in [0.3, 0.4) is 0 Å². The minimum Gasteiger partial charge on any atom is -0.467 e. The Balaban J connectivity index is 1.85. The van der Waals surface area contributed by atoms with E-state index in [4.69, 9.17) is 4.74 Å². The van der Waals surface area contributed by atoms with Crippen LogP contribution in [0.2, 0.25) is 0 Å².